The Kier molecular flexibility index (Phi) is 2.85. The molecule has 0 saturated heterocycles. The van der Waals surface area contributed by atoms with E-state index < -0.39 is 0 Å². The van der Waals surface area contributed by atoms with Crippen LogP contribution in [0.3, 0.4) is 0 Å². The van der Waals surface area contributed by atoms with Crippen molar-refractivity contribution in [2.75, 3.05) is 12.4 Å². The second-order valence-corrected chi connectivity index (χ2v) is 3.52. The maximum Gasteiger partial charge on any atom is 0.224 e. The molecule has 16 heavy (non-hydrogen) atoms. The zero-order chi connectivity index (χ0) is 11.5. The van der Waals surface area contributed by atoms with Crippen molar-refractivity contribution in [2.45, 2.75) is 6.42 Å². The summed E-state index contributed by atoms with van der Waals surface area (Å²) in [5, 5.41) is 10.9. The summed E-state index contributed by atoms with van der Waals surface area (Å²) in [5.74, 6) is 1.19. The summed E-state index contributed by atoms with van der Waals surface area (Å²) >= 11 is 0. The molecule has 0 bridgehead atoms. The van der Waals surface area contributed by atoms with E-state index in [4.69, 9.17) is 0 Å². The molecule has 0 fully saturated rings. The summed E-state index contributed by atoms with van der Waals surface area (Å²) < 4.78 is 15.2. The third kappa shape index (κ3) is 1.88. The molecule has 2 aromatic rings. The van der Waals surface area contributed by atoms with E-state index in [0.29, 0.717) is 17.9 Å². The van der Waals surface area contributed by atoms with Gasteiger partial charge in [-0.1, -0.05) is 18.2 Å². The van der Waals surface area contributed by atoms with E-state index in [9.17, 15) is 4.39 Å². The molecule has 0 aliphatic carbocycles. The van der Waals surface area contributed by atoms with Gasteiger partial charge in [-0.05, 0) is 11.6 Å². The molecule has 0 aliphatic heterocycles. The van der Waals surface area contributed by atoms with Crippen LogP contribution >= 0.6 is 0 Å². The predicted molar refractivity (Wildman–Crippen MR) is 59.8 cm³/mol. The van der Waals surface area contributed by atoms with Crippen molar-refractivity contribution < 1.29 is 4.39 Å². The third-order valence-corrected chi connectivity index (χ3v) is 2.50. The average molecular weight is 220 g/mol. The lowest BCUT2D eigenvalue weighted by Crippen LogP contribution is -2.03. The van der Waals surface area contributed by atoms with E-state index in [1.165, 1.54) is 6.07 Å². The topological polar surface area (TPSA) is 42.7 Å². The van der Waals surface area contributed by atoms with Crippen molar-refractivity contribution >= 4 is 5.95 Å². The van der Waals surface area contributed by atoms with Crippen molar-refractivity contribution in [1.29, 1.82) is 0 Å². The fraction of sp³-hybridized carbons (Fsp3) is 0.273. The van der Waals surface area contributed by atoms with Gasteiger partial charge in [0.05, 0.1) is 0 Å². The Morgan fingerprint density at radius 1 is 1.31 bits per heavy atom. The number of hydrogen-bond donors (Lipinski definition) is 1. The first kappa shape index (κ1) is 10.6. The predicted octanol–water partition coefficient (Wildman–Crippen LogP) is 1.59. The molecule has 1 heterocycles. The fourth-order valence-electron chi connectivity index (χ4n) is 1.55. The summed E-state index contributed by atoms with van der Waals surface area (Å²) in [6.07, 6.45) is 0.442. The standard InChI is InChI=1S/C11H13FN4/c1-13-11-15-14-10(16(11)2)7-8-5-3-4-6-9(8)12/h3-6H,7H2,1-2H3,(H,13,15). The lowest BCUT2D eigenvalue weighted by atomic mass is 10.1. The zero-order valence-corrected chi connectivity index (χ0v) is 9.24. The van der Waals surface area contributed by atoms with Gasteiger partial charge in [-0.15, -0.1) is 10.2 Å². The van der Waals surface area contributed by atoms with Crippen LogP contribution in [0, 0.1) is 5.82 Å². The second kappa shape index (κ2) is 4.30. The Labute approximate surface area is 93.1 Å². The molecule has 0 unspecified atom stereocenters. The first-order valence-corrected chi connectivity index (χ1v) is 5.02. The van der Waals surface area contributed by atoms with E-state index in [1.807, 2.05) is 17.7 Å². The minimum atomic E-state index is -0.212. The molecule has 0 atom stereocenters. The molecule has 1 aromatic heterocycles. The van der Waals surface area contributed by atoms with Crippen LogP contribution in [0.25, 0.3) is 0 Å². The van der Waals surface area contributed by atoms with Gasteiger partial charge in [0.15, 0.2) is 0 Å². The van der Waals surface area contributed by atoms with Crippen molar-refractivity contribution in [3.8, 4) is 0 Å². The molecule has 0 amide bonds. The van der Waals surface area contributed by atoms with Crippen molar-refractivity contribution in [1.82, 2.24) is 14.8 Å². The molecule has 1 aromatic carbocycles. The largest absolute Gasteiger partial charge is 0.357 e. The highest BCUT2D eigenvalue weighted by Gasteiger charge is 2.09. The normalized spacial score (nSPS) is 10.4. The van der Waals surface area contributed by atoms with Gasteiger partial charge >= 0.3 is 0 Å². The average Bonchev–Trinajstić information content (AvgIpc) is 2.63. The van der Waals surface area contributed by atoms with Crippen LogP contribution < -0.4 is 5.32 Å². The molecule has 5 heteroatoms. The number of rotatable bonds is 3. The first-order chi connectivity index (χ1) is 7.72. The molecule has 0 spiro atoms. The smallest absolute Gasteiger partial charge is 0.224 e. The number of halogens is 1. The van der Waals surface area contributed by atoms with Crippen LogP contribution in [0.4, 0.5) is 10.3 Å². The number of aromatic nitrogens is 3. The fourth-order valence-corrected chi connectivity index (χ4v) is 1.55. The molecular formula is C11H13FN4. The molecule has 2 rings (SSSR count). The highest BCUT2D eigenvalue weighted by atomic mass is 19.1. The van der Waals surface area contributed by atoms with E-state index in [-0.39, 0.29) is 5.82 Å². The zero-order valence-electron chi connectivity index (χ0n) is 9.24. The summed E-state index contributed by atoms with van der Waals surface area (Å²) in [7, 11) is 3.62. The van der Waals surface area contributed by atoms with Crippen LogP contribution in [0.1, 0.15) is 11.4 Å². The summed E-state index contributed by atoms with van der Waals surface area (Å²) in [6.45, 7) is 0. The Hall–Kier alpha value is -1.91. The summed E-state index contributed by atoms with van der Waals surface area (Å²) in [6, 6.07) is 6.69. The summed E-state index contributed by atoms with van der Waals surface area (Å²) in [5.41, 5.74) is 0.626. The first-order valence-electron chi connectivity index (χ1n) is 5.02. The van der Waals surface area contributed by atoms with Crippen molar-refractivity contribution in [3.63, 3.8) is 0 Å². The Morgan fingerprint density at radius 2 is 2.06 bits per heavy atom. The Bertz CT molecular complexity index is 492. The second-order valence-electron chi connectivity index (χ2n) is 3.52. The highest BCUT2D eigenvalue weighted by molar-refractivity contribution is 5.27. The molecule has 1 N–H and O–H groups in total. The molecule has 4 nitrogen and oxygen atoms in total. The van der Waals surface area contributed by atoms with Gasteiger partial charge in [-0.3, -0.25) is 0 Å². The van der Waals surface area contributed by atoms with Crippen molar-refractivity contribution in [2.24, 2.45) is 7.05 Å². The van der Waals surface area contributed by atoms with E-state index in [2.05, 4.69) is 15.5 Å². The minimum Gasteiger partial charge on any atom is -0.357 e. The van der Waals surface area contributed by atoms with Crippen LogP contribution in [-0.4, -0.2) is 21.8 Å². The number of nitrogens with zero attached hydrogens (tertiary/aromatic N) is 3. The van der Waals surface area contributed by atoms with Gasteiger partial charge in [0, 0.05) is 20.5 Å². The van der Waals surface area contributed by atoms with E-state index in [0.717, 1.165) is 5.82 Å². The van der Waals surface area contributed by atoms with Gasteiger partial charge in [-0.2, -0.15) is 0 Å². The summed E-state index contributed by atoms with van der Waals surface area (Å²) in [4.78, 5) is 0. The maximum atomic E-state index is 13.4. The van der Waals surface area contributed by atoms with Gasteiger partial charge in [0.2, 0.25) is 5.95 Å². The number of benzene rings is 1. The lowest BCUT2D eigenvalue weighted by molar-refractivity contribution is 0.610. The highest BCUT2D eigenvalue weighted by Crippen LogP contribution is 2.13. The molecule has 0 saturated carbocycles. The Balaban J connectivity index is 2.27. The molecule has 0 aliphatic rings. The molecule has 84 valence electrons. The number of anilines is 1. The lowest BCUT2D eigenvalue weighted by Gasteiger charge is -2.04. The quantitative estimate of drug-likeness (QED) is 0.854. The third-order valence-electron chi connectivity index (χ3n) is 2.50. The van der Waals surface area contributed by atoms with Crippen LogP contribution in [-0.2, 0) is 13.5 Å². The number of hydrogen-bond acceptors (Lipinski definition) is 3. The molecule has 0 radical (unpaired) electrons. The Morgan fingerprint density at radius 3 is 2.69 bits per heavy atom. The maximum absolute atomic E-state index is 13.4. The van der Waals surface area contributed by atoms with Gasteiger partial charge in [-0.25, -0.2) is 4.39 Å². The van der Waals surface area contributed by atoms with Crippen LogP contribution in [0.2, 0.25) is 0 Å². The van der Waals surface area contributed by atoms with Gasteiger partial charge in [0.1, 0.15) is 11.6 Å². The minimum absolute atomic E-state index is 0.212. The SMILES string of the molecule is CNc1nnc(Cc2ccccc2F)n1C. The molecular weight excluding hydrogens is 207 g/mol. The van der Waals surface area contributed by atoms with Crippen molar-refractivity contribution in [3.05, 3.63) is 41.5 Å². The van der Waals surface area contributed by atoms with E-state index >= 15 is 0 Å². The van der Waals surface area contributed by atoms with Gasteiger partial charge in [0.25, 0.3) is 0 Å². The number of nitrogens with one attached hydrogen (secondary N) is 1. The van der Waals surface area contributed by atoms with Crippen LogP contribution in [0.5, 0.6) is 0 Å². The van der Waals surface area contributed by atoms with E-state index in [1.54, 1.807) is 19.2 Å². The van der Waals surface area contributed by atoms with Gasteiger partial charge < -0.3 is 9.88 Å². The van der Waals surface area contributed by atoms with Crippen LogP contribution in [0.15, 0.2) is 24.3 Å². The monoisotopic (exact) mass is 220 g/mol.